The molecule has 0 bridgehead atoms. The molecular weight excluding hydrogens is 670 g/mol. The summed E-state index contributed by atoms with van der Waals surface area (Å²) in [6.07, 6.45) is 1.91. The van der Waals surface area contributed by atoms with Crippen molar-refractivity contribution >= 4 is 86.2 Å². The zero-order valence-corrected chi connectivity index (χ0v) is 22.9. The van der Waals surface area contributed by atoms with Gasteiger partial charge in [-0.2, -0.15) is 0 Å². The maximum atomic E-state index is 12.5. The minimum Gasteiger partial charge on any atom is -0.487 e. The molecule has 4 rings (SSSR count). The number of hydrogen-bond donors (Lipinski definition) is 2. The quantitative estimate of drug-likeness (QED) is 0.216. The molecule has 1 fully saturated rings. The first-order chi connectivity index (χ1) is 15.4. The van der Waals surface area contributed by atoms with Crippen LogP contribution in [0, 0.1) is 14.1 Å². The number of anilines is 1. The van der Waals surface area contributed by atoms with Gasteiger partial charge in [0.2, 0.25) is 0 Å². The van der Waals surface area contributed by atoms with E-state index in [4.69, 9.17) is 16.3 Å². The molecule has 1 unspecified atom stereocenters. The number of rotatable bonds is 6. The van der Waals surface area contributed by atoms with Crippen molar-refractivity contribution in [3.05, 3.63) is 94.4 Å². The van der Waals surface area contributed by atoms with Crippen molar-refractivity contribution in [2.45, 2.75) is 19.0 Å². The van der Waals surface area contributed by atoms with Crippen LogP contribution in [0.25, 0.3) is 6.08 Å². The topological polar surface area (TPSA) is 50.4 Å². The van der Waals surface area contributed by atoms with Crippen LogP contribution >= 0.6 is 68.5 Å². The van der Waals surface area contributed by atoms with Gasteiger partial charge in [0.15, 0.2) is 5.50 Å². The third-order valence-electron chi connectivity index (χ3n) is 4.76. The van der Waals surface area contributed by atoms with Crippen molar-refractivity contribution in [2.75, 3.05) is 5.32 Å². The normalized spacial score (nSPS) is 16.8. The monoisotopic (exact) mass is 688 g/mol. The fraction of sp³-hybridized carbons (Fsp3) is 0.125. The van der Waals surface area contributed by atoms with Crippen molar-refractivity contribution in [3.63, 3.8) is 0 Å². The van der Waals surface area contributed by atoms with Gasteiger partial charge in [0.25, 0.3) is 5.91 Å². The number of ether oxygens (including phenoxy) is 1. The first-order valence-corrected chi connectivity index (χ1v) is 13.2. The lowest BCUT2D eigenvalue weighted by Crippen LogP contribution is -2.31. The summed E-state index contributed by atoms with van der Waals surface area (Å²) in [5, 5.41) is 6.97. The van der Waals surface area contributed by atoms with Crippen molar-refractivity contribution < 1.29 is 9.53 Å². The molecule has 1 heterocycles. The van der Waals surface area contributed by atoms with Crippen LogP contribution in [0.5, 0.6) is 5.75 Å². The van der Waals surface area contributed by atoms with E-state index in [1.54, 1.807) is 0 Å². The van der Waals surface area contributed by atoms with Crippen LogP contribution in [0.2, 0.25) is 5.02 Å². The van der Waals surface area contributed by atoms with E-state index in [0.717, 1.165) is 35.3 Å². The van der Waals surface area contributed by atoms with Gasteiger partial charge in [-0.15, -0.1) is 0 Å². The Balaban J connectivity index is 1.47. The summed E-state index contributed by atoms with van der Waals surface area (Å²) >= 11 is 12.1. The Morgan fingerprint density at radius 3 is 2.56 bits per heavy atom. The molecule has 164 valence electrons. The minimum absolute atomic E-state index is 0.0957. The fourth-order valence-electron chi connectivity index (χ4n) is 3.14. The maximum absolute atomic E-state index is 12.5. The Bertz CT molecular complexity index is 1160. The molecule has 0 aromatic heterocycles. The van der Waals surface area contributed by atoms with Gasteiger partial charge in [0, 0.05) is 10.7 Å². The first-order valence-electron chi connectivity index (χ1n) is 9.77. The number of thioether (sulfide) groups is 1. The predicted molar refractivity (Wildman–Crippen MR) is 150 cm³/mol. The van der Waals surface area contributed by atoms with Crippen LogP contribution in [0.4, 0.5) is 5.69 Å². The molecule has 4 nitrogen and oxygen atoms in total. The molecule has 0 radical (unpaired) electrons. The van der Waals surface area contributed by atoms with E-state index in [9.17, 15) is 4.79 Å². The second-order valence-electron chi connectivity index (χ2n) is 7.17. The van der Waals surface area contributed by atoms with Crippen LogP contribution in [0.1, 0.15) is 16.7 Å². The maximum Gasteiger partial charge on any atom is 0.260 e. The SMILES string of the molecule is Cc1ccc(Cl)cc1NC1NC(=O)/C(=C/c2cc(I)c(OCc3ccccc3)c(I)c2)S1. The van der Waals surface area contributed by atoms with Crippen LogP contribution in [-0.2, 0) is 11.4 Å². The highest BCUT2D eigenvalue weighted by Crippen LogP contribution is 2.34. The number of benzene rings is 3. The Morgan fingerprint density at radius 2 is 1.84 bits per heavy atom. The minimum atomic E-state index is -0.252. The summed E-state index contributed by atoms with van der Waals surface area (Å²) in [5.74, 6) is 0.762. The Kier molecular flexibility index (Phi) is 7.91. The average Bonchev–Trinajstić information content (AvgIpc) is 3.09. The smallest absolute Gasteiger partial charge is 0.260 e. The van der Waals surface area contributed by atoms with Crippen LogP contribution < -0.4 is 15.4 Å². The summed E-state index contributed by atoms with van der Waals surface area (Å²) in [5.41, 5.74) is 3.80. The van der Waals surface area contributed by atoms with Crippen molar-refractivity contribution in [1.29, 1.82) is 0 Å². The summed E-state index contributed by atoms with van der Waals surface area (Å²) in [7, 11) is 0. The number of amides is 1. The number of halogens is 3. The first kappa shape index (κ1) is 23.7. The highest BCUT2D eigenvalue weighted by atomic mass is 127. The summed E-state index contributed by atoms with van der Waals surface area (Å²) in [6, 6.07) is 19.8. The molecule has 0 aliphatic carbocycles. The van der Waals surface area contributed by atoms with Gasteiger partial charge in [-0.3, -0.25) is 4.79 Å². The van der Waals surface area contributed by atoms with Gasteiger partial charge in [-0.05, 0) is 99.1 Å². The average molecular weight is 689 g/mol. The molecule has 0 spiro atoms. The predicted octanol–water partition coefficient (Wildman–Crippen LogP) is 7.04. The summed E-state index contributed by atoms with van der Waals surface area (Å²) in [6.45, 7) is 2.52. The van der Waals surface area contributed by atoms with E-state index in [-0.39, 0.29) is 11.4 Å². The third kappa shape index (κ3) is 5.92. The molecule has 3 aromatic rings. The number of aryl methyl sites for hydroxylation is 1. The van der Waals surface area contributed by atoms with Crippen molar-refractivity contribution in [3.8, 4) is 5.75 Å². The Labute approximate surface area is 223 Å². The Hall–Kier alpha value is -1.43. The van der Waals surface area contributed by atoms with Gasteiger partial charge in [-0.1, -0.05) is 59.8 Å². The molecule has 1 atom stereocenters. The molecule has 1 aliphatic rings. The second kappa shape index (κ2) is 10.7. The van der Waals surface area contributed by atoms with Crippen molar-refractivity contribution in [2.24, 2.45) is 0 Å². The zero-order chi connectivity index (χ0) is 22.7. The lowest BCUT2D eigenvalue weighted by molar-refractivity contribution is -0.116. The lowest BCUT2D eigenvalue weighted by Gasteiger charge is -2.15. The number of carbonyl (C=O) groups is 1. The molecule has 8 heteroatoms. The molecular formula is C24H19ClI2N2O2S. The van der Waals surface area contributed by atoms with E-state index in [1.807, 2.05) is 73.7 Å². The van der Waals surface area contributed by atoms with Gasteiger partial charge in [-0.25, -0.2) is 0 Å². The zero-order valence-electron chi connectivity index (χ0n) is 17.0. The number of hydrogen-bond acceptors (Lipinski definition) is 4. The standard InChI is InChI=1S/C24H19ClI2N2O2S/c1-14-7-8-17(25)12-20(14)28-24-29-23(30)21(32-24)11-16-9-18(26)22(19(27)10-16)31-13-15-5-3-2-4-6-15/h2-12,24,28H,13H2,1H3,(H,29,30)/b21-11-. The van der Waals surface area contributed by atoms with E-state index >= 15 is 0 Å². The van der Waals surface area contributed by atoms with Gasteiger partial charge in [0.05, 0.1) is 12.0 Å². The molecule has 1 aliphatic heterocycles. The van der Waals surface area contributed by atoms with Crippen LogP contribution in [0.15, 0.2) is 65.6 Å². The van der Waals surface area contributed by atoms with Gasteiger partial charge < -0.3 is 15.4 Å². The fourth-order valence-corrected chi connectivity index (χ4v) is 6.41. The highest BCUT2D eigenvalue weighted by Gasteiger charge is 2.27. The van der Waals surface area contributed by atoms with Gasteiger partial charge >= 0.3 is 0 Å². The van der Waals surface area contributed by atoms with E-state index in [1.165, 1.54) is 11.8 Å². The van der Waals surface area contributed by atoms with Crippen LogP contribution in [0.3, 0.4) is 0 Å². The third-order valence-corrected chi connectivity index (χ3v) is 7.63. The summed E-state index contributed by atoms with van der Waals surface area (Å²) in [4.78, 5) is 13.2. The number of nitrogens with one attached hydrogen (secondary N) is 2. The molecule has 1 amide bonds. The largest absolute Gasteiger partial charge is 0.487 e. The van der Waals surface area contributed by atoms with Crippen molar-refractivity contribution in [1.82, 2.24) is 5.32 Å². The second-order valence-corrected chi connectivity index (χ2v) is 11.1. The van der Waals surface area contributed by atoms with E-state index in [2.05, 4.69) is 55.8 Å². The molecule has 1 saturated heterocycles. The van der Waals surface area contributed by atoms with E-state index in [0.29, 0.717) is 16.5 Å². The summed E-state index contributed by atoms with van der Waals surface area (Å²) < 4.78 is 8.07. The van der Waals surface area contributed by atoms with Gasteiger partial charge in [0.1, 0.15) is 12.4 Å². The molecule has 32 heavy (non-hydrogen) atoms. The molecule has 0 saturated carbocycles. The number of carbonyl (C=O) groups excluding carboxylic acids is 1. The molecule has 3 aromatic carbocycles. The lowest BCUT2D eigenvalue weighted by atomic mass is 10.2. The van der Waals surface area contributed by atoms with Crippen LogP contribution in [-0.4, -0.2) is 11.4 Å². The molecule has 2 N–H and O–H groups in total. The Morgan fingerprint density at radius 1 is 1.12 bits per heavy atom. The van der Waals surface area contributed by atoms with E-state index < -0.39 is 0 Å². The highest BCUT2D eigenvalue weighted by molar-refractivity contribution is 14.1.